The second kappa shape index (κ2) is 6.17. The lowest BCUT2D eigenvalue weighted by molar-refractivity contribution is 0.259. The Morgan fingerprint density at radius 3 is 2.62 bits per heavy atom. The van der Waals surface area contributed by atoms with Gasteiger partial charge >= 0.3 is 0 Å². The minimum absolute atomic E-state index is 0.959. The van der Waals surface area contributed by atoms with Gasteiger partial charge in [0.05, 0.1) is 5.69 Å². The Kier molecular flexibility index (Phi) is 4.10. The SMILES string of the molecule is Cc1cc(N2CCN(CCc3cn(C)nn3)CC2)ncn1. The Balaban J connectivity index is 1.49. The van der Waals surface area contributed by atoms with Crippen molar-refractivity contribution >= 4 is 5.82 Å². The van der Waals surface area contributed by atoms with Crippen molar-refractivity contribution in [1.29, 1.82) is 0 Å². The van der Waals surface area contributed by atoms with Crippen LogP contribution in [-0.4, -0.2) is 62.6 Å². The fraction of sp³-hybridized carbons (Fsp3) is 0.571. The standard InChI is InChI=1S/C14H21N7/c1-12-9-14(16-11-15-12)21-7-5-20(6-8-21)4-3-13-10-19(2)18-17-13/h9-11H,3-8H2,1-2H3. The molecule has 21 heavy (non-hydrogen) atoms. The third-order valence-corrected chi connectivity index (χ3v) is 3.82. The highest BCUT2D eigenvalue weighted by molar-refractivity contribution is 5.39. The summed E-state index contributed by atoms with van der Waals surface area (Å²) in [4.78, 5) is 13.3. The highest BCUT2D eigenvalue weighted by Gasteiger charge is 2.18. The molecule has 3 heterocycles. The number of aromatic nitrogens is 5. The second-order valence-electron chi connectivity index (χ2n) is 5.48. The Hall–Kier alpha value is -2.02. The van der Waals surface area contributed by atoms with Crippen LogP contribution in [0, 0.1) is 6.92 Å². The highest BCUT2D eigenvalue weighted by Crippen LogP contribution is 2.13. The van der Waals surface area contributed by atoms with E-state index in [-0.39, 0.29) is 0 Å². The first-order valence-electron chi connectivity index (χ1n) is 7.32. The van der Waals surface area contributed by atoms with Gasteiger partial charge in [-0.2, -0.15) is 0 Å². The van der Waals surface area contributed by atoms with Crippen molar-refractivity contribution in [1.82, 2.24) is 29.9 Å². The predicted octanol–water partition coefficient (Wildman–Crippen LogP) is 0.278. The number of piperazine rings is 1. The molecule has 0 unspecified atom stereocenters. The number of hydrogen-bond donors (Lipinski definition) is 0. The molecule has 0 aliphatic carbocycles. The fourth-order valence-corrected chi connectivity index (χ4v) is 2.60. The van der Waals surface area contributed by atoms with E-state index in [0.717, 1.165) is 56.4 Å². The number of aryl methyl sites for hydroxylation is 2. The third-order valence-electron chi connectivity index (χ3n) is 3.82. The van der Waals surface area contributed by atoms with Crippen molar-refractivity contribution in [2.75, 3.05) is 37.6 Å². The molecule has 3 rings (SSSR count). The Morgan fingerprint density at radius 1 is 1.14 bits per heavy atom. The summed E-state index contributed by atoms with van der Waals surface area (Å²) in [5.74, 6) is 1.04. The summed E-state index contributed by atoms with van der Waals surface area (Å²) in [6.07, 6.45) is 4.59. The molecule has 1 saturated heterocycles. The molecule has 0 radical (unpaired) electrons. The number of anilines is 1. The zero-order chi connectivity index (χ0) is 14.7. The molecule has 0 spiro atoms. The lowest BCUT2D eigenvalue weighted by atomic mass is 10.2. The van der Waals surface area contributed by atoms with Crippen molar-refractivity contribution < 1.29 is 0 Å². The van der Waals surface area contributed by atoms with Crippen LogP contribution >= 0.6 is 0 Å². The van der Waals surface area contributed by atoms with E-state index in [0.29, 0.717) is 0 Å². The number of rotatable bonds is 4. The first-order valence-corrected chi connectivity index (χ1v) is 7.32. The maximum Gasteiger partial charge on any atom is 0.132 e. The average molecular weight is 287 g/mol. The highest BCUT2D eigenvalue weighted by atomic mass is 15.4. The predicted molar refractivity (Wildman–Crippen MR) is 80.1 cm³/mol. The first kappa shape index (κ1) is 13.9. The van der Waals surface area contributed by atoms with E-state index in [1.165, 1.54) is 0 Å². The van der Waals surface area contributed by atoms with E-state index in [9.17, 15) is 0 Å². The molecule has 2 aromatic rings. The average Bonchev–Trinajstić information content (AvgIpc) is 2.91. The second-order valence-corrected chi connectivity index (χ2v) is 5.48. The van der Waals surface area contributed by atoms with Crippen molar-refractivity contribution in [2.45, 2.75) is 13.3 Å². The molecular formula is C14H21N7. The normalized spacial score (nSPS) is 16.4. The van der Waals surface area contributed by atoms with E-state index >= 15 is 0 Å². The molecule has 0 N–H and O–H groups in total. The number of nitrogens with zero attached hydrogens (tertiary/aromatic N) is 7. The first-order chi connectivity index (χ1) is 10.2. The van der Waals surface area contributed by atoms with Crippen LogP contribution in [-0.2, 0) is 13.5 Å². The van der Waals surface area contributed by atoms with Crippen LogP contribution in [0.25, 0.3) is 0 Å². The Labute approximate surface area is 124 Å². The zero-order valence-electron chi connectivity index (χ0n) is 12.6. The molecule has 1 aliphatic heterocycles. The molecule has 0 saturated carbocycles. The van der Waals surface area contributed by atoms with E-state index < -0.39 is 0 Å². The van der Waals surface area contributed by atoms with Crippen molar-refractivity contribution in [3.8, 4) is 0 Å². The van der Waals surface area contributed by atoms with Crippen LogP contribution in [0.4, 0.5) is 5.82 Å². The molecule has 7 nitrogen and oxygen atoms in total. The van der Waals surface area contributed by atoms with Gasteiger partial charge in [0.25, 0.3) is 0 Å². The van der Waals surface area contributed by atoms with Crippen LogP contribution in [0.5, 0.6) is 0 Å². The zero-order valence-corrected chi connectivity index (χ0v) is 12.6. The minimum atomic E-state index is 0.959. The van der Waals surface area contributed by atoms with Gasteiger partial charge in [0, 0.05) is 64.1 Å². The molecule has 7 heteroatoms. The van der Waals surface area contributed by atoms with Crippen LogP contribution < -0.4 is 4.90 Å². The molecule has 2 aromatic heterocycles. The summed E-state index contributed by atoms with van der Waals surface area (Å²) in [7, 11) is 1.90. The van der Waals surface area contributed by atoms with Crippen LogP contribution in [0.1, 0.15) is 11.4 Å². The molecular weight excluding hydrogens is 266 g/mol. The molecule has 0 bridgehead atoms. The molecule has 112 valence electrons. The summed E-state index contributed by atoms with van der Waals surface area (Å²) in [5, 5.41) is 8.10. The van der Waals surface area contributed by atoms with Gasteiger partial charge in [-0.25, -0.2) is 9.97 Å². The van der Waals surface area contributed by atoms with Gasteiger partial charge in [-0.3, -0.25) is 9.58 Å². The van der Waals surface area contributed by atoms with Gasteiger partial charge in [-0.15, -0.1) is 5.10 Å². The maximum absolute atomic E-state index is 4.36. The van der Waals surface area contributed by atoms with E-state index in [2.05, 4.69) is 36.1 Å². The minimum Gasteiger partial charge on any atom is -0.354 e. The third kappa shape index (κ3) is 3.55. The van der Waals surface area contributed by atoms with Crippen LogP contribution in [0.15, 0.2) is 18.6 Å². The molecule has 0 atom stereocenters. The van der Waals surface area contributed by atoms with Gasteiger partial charge in [-0.1, -0.05) is 5.21 Å². The van der Waals surface area contributed by atoms with E-state index in [4.69, 9.17) is 0 Å². The van der Waals surface area contributed by atoms with Gasteiger partial charge in [0.15, 0.2) is 0 Å². The maximum atomic E-state index is 4.36. The molecule has 0 amide bonds. The monoisotopic (exact) mass is 287 g/mol. The largest absolute Gasteiger partial charge is 0.354 e. The van der Waals surface area contributed by atoms with Gasteiger partial charge in [0.1, 0.15) is 12.1 Å². The van der Waals surface area contributed by atoms with Crippen LogP contribution in [0.3, 0.4) is 0 Å². The van der Waals surface area contributed by atoms with Crippen molar-refractivity contribution in [2.24, 2.45) is 7.05 Å². The topological polar surface area (TPSA) is 63.0 Å². The lowest BCUT2D eigenvalue weighted by Crippen LogP contribution is -2.47. The molecule has 1 fully saturated rings. The van der Waals surface area contributed by atoms with Gasteiger partial charge in [0.2, 0.25) is 0 Å². The Bertz CT molecular complexity index is 587. The van der Waals surface area contributed by atoms with Crippen molar-refractivity contribution in [3.05, 3.63) is 30.0 Å². The Morgan fingerprint density at radius 2 is 1.95 bits per heavy atom. The smallest absolute Gasteiger partial charge is 0.132 e. The fourth-order valence-electron chi connectivity index (χ4n) is 2.60. The van der Waals surface area contributed by atoms with Gasteiger partial charge in [-0.05, 0) is 6.92 Å². The summed E-state index contributed by atoms with van der Waals surface area (Å²) in [6.45, 7) is 7.18. The summed E-state index contributed by atoms with van der Waals surface area (Å²) >= 11 is 0. The van der Waals surface area contributed by atoms with Crippen LogP contribution in [0.2, 0.25) is 0 Å². The van der Waals surface area contributed by atoms with Crippen molar-refractivity contribution in [3.63, 3.8) is 0 Å². The van der Waals surface area contributed by atoms with E-state index in [1.54, 1.807) is 11.0 Å². The van der Waals surface area contributed by atoms with Gasteiger partial charge < -0.3 is 4.90 Å². The number of hydrogen-bond acceptors (Lipinski definition) is 6. The summed E-state index contributed by atoms with van der Waals surface area (Å²) in [5.41, 5.74) is 2.08. The summed E-state index contributed by atoms with van der Waals surface area (Å²) in [6, 6.07) is 2.05. The lowest BCUT2D eigenvalue weighted by Gasteiger charge is -2.35. The molecule has 0 aromatic carbocycles. The van der Waals surface area contributed by atoms with E-state index in [1.807, 2.05) is 20.2 Å². The quantitative estimate of drug-likeness (QED) is 0.805. The summed E-state index contributed by atoms with van der Waals surface area (Å²) < 4.78 is 1.75. The molecule has 1 aliphatic rings.